The quantitative estimate of drug-likeness (QED) is 0.503. The van der Waals surface area contributed by atoms with Gasteiger partial charge in [0.2, 0.25) is 11.8 Å². The Hall–Kier alpha value is -2.97. The van der Waals surface area contributed by atoms with Crippen LogP contribution in [-0.2, 0) is 25.7 Å². The Morgan fingerprint density at radius 2 is 1.81 bits per heavy atom. The van der Waals surface area contributed by atoms with Crippen molar-refractivity contribution in [3.8, 4) is 0 Å². The SMILES string of the molecule is COCC(NC(=O)C(N)CC(=O)O)C(=O)NCc1cccc2ccccc12. The van der Waals surface area contributed by atoms with Crippen LogP contribution in [-0.4, -0.2) is 48.7 Å². The van der Waals surface area contributed by atoms with Crippen molar-refractivity contribution in [2.75, 3.05) is 13.7 Å². The number of methoxy groups -OCH3 is 1. The summed E-state index contributed by atoms with van der Waals surface area (Å²) in [6, 6.07) is 11.4. The van der Waals surface area contributed by atoms with Crippen LogP contribution in [0.5, 0.6) is 0 Å². The Balaban J connectivity index is 2.02. The summed E-state index contributed by atoms with van der Waals surface area (Å²) in [5.41, 5.74) is 6.46. The second kappa shape index (κ2) is 9.65. The lowest BCUT2D eigenvalue weighted by Crippen LogP contribution is -2.53. The van der Waals surface area contributed by atoms with Crippen LogP contribution < -0.4 is 16.4 Å². The fourth-order valence-electron chi connectivity index (χ4n) is 2.66. The maximum absolute atomic E-state index is 12.5. The van der Waals surface area contributed by atoms with Gasteiger partial charge in [0.25, 0.3) is 0 Å². The van der Waals surface area contributed by atoms with Gasteiger partial charge in [0.1, 0.15) is 6.04 Å². The molecule has 0 aliphatic rings. The van der Waals surface area contributed by atoms with Gasteiger partial charge in [-0.3, -0.25) is 14.4 Å². The zero-order chi connectivity index (χ0) is 19.8. The summed E-state index contributed by atoms with van der Waals surface area (Å²) in [4.78, 5) is 35.1. The number of benzene rings is 2. The van der Waals surface area contributed by atoms with Crippen LogP contribution in [0.2, 0.25) is 0 Å². The summed E-state index contributed by atoms with van der Waals surface area (Å²) in [5.74, 6) is -2.36. The molecule has 8 heteroatoms. The smallest absolute Gasteiger partial charge is 0.305 e. The number of carboxylic acids is 1. The van der Waals surface area contributed by atoms with E-state index in [1.165, 1.54) is 7.11 Å². The minimum absolute atomic E-state index is 0.0626. The predicted molar refractivity (Wildman–Crippen MR) is 99.8 cm³/mol. The van der Waals surface area contributed by atoms with Gasteiger partial charge in [-0.15, -0.1) is 0 Å². The maximum atomic E-state index is 12.5. The van der Waals surface area contributed by atoms with E-state index in [1.807, 2.05) is 42.5 Å². The molecule has 0 aliphatic heterocycles. The van der Waals surface area contributed by atoms with Gasteiger partial charge in [-0.1, -0.05) is 42.5 Å². The normalized spacial score (nSPS) is 13.0. The summed E-state index contributed by atoms with van der Waals surface area (Å²) in [6.45, 7) is 0.213. The van der Waals surface area contributed by atoms with Crippen molar-refractivity contribution in [3.63, 3.8) is 0 Å². The van der Waals surface area contributed by atoms with Gasteiger partial charge >= 0.3 is 5.97 Å². The molecule has 0 spiro atoms. The van der Waals surface area contributed by atoms with Crippen molar-refractivity contribution in [3.05, 3.63) is 48.0 Å². The Bertz CT molecular complexity index is 819. The van der Waals surface area contributed by atoms with Gasteiger partial charge < -0.3 is 26.2 Å². The van der Waals surface area contributed by atoms with Crippen LogP contribution >= 0.6 is 0 Å². The first kappa shape index (κ1) is 20.3. The third-order valence-corrected chi connectivity index (χ3v) is 4.03. The molecular formula is C19H23N3O5. The van der Waals surface area contributed by atoms with Crippen LogP contribution in [0.3, 0.4) is 0 Å². The van der Waals surface area contributed by atoms with Crippen LogP contribution in [0, 0.1) is 0 Å². The zero-order valence-corrected chi connectivity index (χ0v) is 15.0. The minimum Gasteiger partial charge on any atom is -0.481 e. The number of amides is 2. The van der Waals surface area contributed by atoms with Crippen LogP contribution in [0.15, 0.2) is 42.5 Å². The standard InChI is InChI=1S/C19H23N3O5/c1-27-11-16(22-18(25)15(20)9-17(23)24)19(26)21-10-13-7-4-6-12-5-2-3-8-14(12)13/h2-8,15-16H,9-11,20H2,1H3,(H,21,26)(H,22,25)(H,23,24). The molecule has 2 amide bonds. The van der Waals surface area contributed by atoms with Crippen LogP contribution in [0.25, 0.3) is 10.8 Å². The fraction of sp³-hybridized carbons (Fsp3) is 0.316. The third-order valence-electron chi connectivity index (χ3n) is 4.03. The summed E-state index contributed by atoms with van der Waals surface area (Å²) in [7, 11) is 1.40. The minimum atomic E-state index is -1.24. The molecule has 2 aromatic rings. The molecule has 2 atom stereocenters. The van der Waals surface area contributed by atoms with Gasteiger partial charge in [0.05, 0.1) is 19.1 Å². The van der Waals surface area contributed by atoms with Crippen molar-refractivity contribution >= 4 is 28.6 Å². The Labute approximate surface area is 156 Å². The highest BCUT2D eigenvalue weighted by Gasteiger charge is 2.25. The molecule has 0 radical (unpaired) electrons. The molecule has 2 rings (SSSR count). The number of ether oxygens (including phenoxy) is 1. The van der Waals surface area contributed by atoms with Gasteiger partial charge in [-0.05, 0) is 16.3 Å². The van der Waals surface area contributed by atoms with E-state index in [1.54, 1.807) is 0 Å². The summed E-state index contributed by atoms with van der Waals surface area (Å²) in [6.07, 6.45) is -0.525. The first-order chi connectivity index (χ1) is 12.9. The summed E-state index contributed by atoms with van der Waals surface area (Å²) in [5, 5.41) is 16.0. The molecule has 5 N–H and O–H groups in total. The number of carbonyl (C=O) groups excluding carboxylic acids is 2. The van der Waals surface area contributed by atoms with Crippen LogP contribution in [0.4, 0.5) is 0 Å². The lowest BCUT2D eigenvalue weighted by Gasteiger charge is -2.20. The number of aliphatic carboxylic acids is 1. The second-order valence-electron chi connectivity index (χ2n) is 6.08. The van der Waals surface area contributed by atoms with Gasteiger partial charge in [0, 0.05) is 13.7 Å². The largest absolute Gasteiger partial charge is 0.481 e. The van der Waals surface area contributed by atoms with Crippen LogP contribution in [0.1, 0.15) is 12.0 Å². The highest BCUT2D eigenvalue weighted by molar-refractivity contribution is 5.92. The molecule has 0 fully saturated rings. The Morgan fingerprint density at radius 3 is 2.52 bits per heavy atom. The van der Waals surface area contributed by atoms with E-state index in [0.717, 1.165) is 16.3 Å². The second-order valence-corrected chi connectivity index (χ2v) is 6.08. The molecule has 0 saturated carbocycles. The molecular weight excluding hydrogens is 350 g/mol. The zero-order valence-electron chi connectivity index (χ0n) is 15.0. The first-order valence-electron chi connectivity index (χ1n) is 8.43. The highest BCUT2D eigenvalue weighted by atomic mass is 16.5. The first-order valence-corrected chi connectivity index (χ1v) is 8.43. The van der Waals surface area contributed by atoms with E-state index in [9.17, 15) is 14.4 Å². The molecule has 2 unspecified atom stereocenters. The molecule has 0 heterocycles. The number of carbonyl (C=O) groups is 3. The van der Waals surface area contributed by atoms with E-state index < -0.39 is 36.3 Å². The average molecular weight is 373 g/mol. The monoisotopic (exact) mass is 373 g/mol. The predicted octanol–water partition coefficient (Wildman–Crippen LogP) is 0.389. The van der Waals surface area contributed by atoms with Crippen molar-refractivity contribution in [2.45, 2.75) is 25.0 Å². The number of carboxylic acid groups (broad SMARTS) is 1. The highest BCUT2D eigenvalue weighted by Crippen LogP contribution is 2.18. The number of hydrogen-bond acceptors (Lipinski definition) is 5. The van der Waals surface area contributed by atoms with E-state index in [-0.39, 0.29) is 13.2 Å². The lowest BCUT2D eigenvalue weighted by molar-refractivity contribution is -0.139. The van der Waals surface area contributed by atoms with Crippen molar-refractivity contribution in [1.29, 1.82) is 0 Å². The fourth-order valence-corrected chi connectivity index (χ4v) is 2.66. The van der Waals surface area contributed by atoms with Gasteiger partial charge in [-0.2, -0.15) is 0 Å². The van der Waals surface area contributed by atoms with Crippen molar-refractivity contribution < 1.29 is 24.2 Å². The third kappa shape index (κ3) is 5.77. The molecule has 0 bridgehead atoms. The van der Waals surface area contributed by atoms with Crippen molar-refractivity contribution in [2.24, 2.45) is 5.73 Å². The molecule has 0 aromatic heterocycles. The number of rotatable bonds is 9. The van der Waals surface area contributed by atoms with Crippen molar-refractivity contribution in [1.82, 2.24) is 10.6 Å². The molecule has 0 aliphatic carbocycles. The number of nitrogens with two attached hydrogens (primary N) is 1. The number of hydrogen-bond donors (Lipinski definition) is 4. The van der Waals surface area contributed by atoms with Gasteiger partial charge in [0.15, 0.2) is 0 Å². The van der Waals surface area contributed by atoms with Gasteiger partial charge in [-0.25, -0.2) is 0 Å². The summed E-state index contributed by atoms with van der Waals surface area (Å²) >= 11 is 0. The molecule has 8 nitrogen and oxygen atoms in total. The summed E-state index contributed by atoms with van der Waals surface area (Å²) < 4.78 is 4.98. The molecule has 27 heavy (non-hydrogen) atoms. The molecule has 2 aromatic carbocycles. The van der Waals surface area contributed by atoms with E-state index >= 15 is 0 Å². The molecule has 144 valence electrons. The van der Waals surface area contributed by atoms with E-state index in [4.69, 9.17) is 15.6 Å². The maximum Gasteiger partial charge on any atom is 0.305 e. The Kier molecular flexibility index (Phi) is 7.27. The Morgan fingerprint density at radius 1 is 1.11 bits per heavy atom. The number of nitrogens with one attached hydrogen (secondary N) is 2. The molecule has 0 saturated heterocycles. The van der Waals surface area contributed by atoms with E-state index in [2.05, 4.69) is 10.6 Å². The lowest BCUT2D eigenvalue weighted by atomic mass is 10.0. The average Bonchev–Trinajstić information content (AvgIpc) is 2.65. The van der Waals surface area contributed by atoms with E-state index in [0.29, 0.717) is 0 Å². The number of fused-ring (bicyclic) bond motifs is 1. The topological polar surface area (TPSA) is 131 Å².